The molecule has 156 valence electrons. The number of aromatic nitrogens is 1. The van der Waals surface area contributed by atoms with E-state index in [1.807, 2.05) is 0 Å². The predicted molar refractivity (Wildman–Crippen MR) is 115 cm³/mol. The van der Waals surface area contributed by atoms with Gasteiger partial charge >= 0.3 is 0 Å². The highest BCUT2D eigenvalue weighted by molar-refractivity contribution is 6.34. The average Bonchev–Trinajstić information content (AvgIpc) is 2.77. The maximum Gasteiger partial charge on any atom is 0.293 e. The van der Waals surface area contributed by atoms with Gasteiger partial charge in [-0.05, 0) is 55.0 Å². The monoisotopic (exact) mass is 435 g/mol. The van der Waals surface area contributed by atoms with E-state index < -0.39 is 6.10 Å². The molecule has 3 aromatic rings. The molecule has 1 N–H and O–H groups in total. The fourth-order valence-corrected chi connectivity index (χ4v) is 3.09. The second-order valence-electron chi connectivity index (χ2n) is 6.54. The van der Waals surface area contributed by atoms with Crippen LogP contribution in [0.1, 0.15) is 29.8 Å². The lowest BCUT2D eigenvalue weighted by atomic mass is 10.1. The van der Waals surface area contributed by atoms with Gasteiger partial charge in [-0.3, -0.25) is 14.6 Å². The van der Waals surface area contributed by atoms with E-state index in [4.69, 9.17) is 26.3 Å². The van der Waals surface area contributed by atoms with Crippen LogP contribution in [0.3, 0.4) is 0 Å². The Bertz CT molecular complexity index is 1110. The number of nitrogens with zero attached hydrogens (tertiary/aromatic N) is 2. The Morgan fingerprint density at radius 1 is 1.16 bits per heavy atom. The zero-order valence-electron chi connectivity index (χ0n) is 16.5. The van der Waals surface area contributed by atoms with Gasteiger partial charge in [0.15, 0.2) is 0 Å². The van der Waals surface area contributed by atoms with Gasteiger partial charge in [-0.15, -0.1) is 0 Å². The van der Waals surface area contributed by atoms with Crippen molar-refractivity contribution in [3.8, 4) is 17.6 Å². The lowest BCUT2D eigenvalue weighted by molar-refractivity contribution is -0.133. The number of carbonyl (C=O) groups is 2. The first-order chi connectivity index (χ1) is 15.0. The SMILES string of the molecule is CC(OC=O)c1nccc(NC(=O)Cc2ccc(Oc3ccc(C#N)cc3)cc2)c1Cl. The van der Waals surface area contributed by atoms with Crippen LogP contribution in [0.5, 0.6) is 11.5 Å². The molecule has 0 spiro atoms. The number of rotatable bonds is 8. The van der Waals surface area contributed by atoms with E-state index in [1.54, 1.807) is 61.5 Å². The third-order valence-electron chi connectivity index (χ3n) is 4.34. The van der Waals surface area contributed by atoms with E-state index in [1.165, 1.54) is 6.20 Å². The third kappa shape index (κ3) is 5.81. The van der Waals surface area contributed by atoms with Crippen LogP contribution >= 0.6 is 11.6 Å². The summed E-state index contributed by atoms with van der Waals surface area (Å²) in [5.41, 5.74) is 2.09. The molecule has 31 heavy (non-hydrogen) atoms. The Morgan fingerprint density at radius 2 is 1.81 bits per heavy atom. The highest BCUT2D eigenvalue weighted by Gasteiger charge is 2.16. The fraction of sp³-hybridized carbons (Fsp3) is 0.130. The largest absolute Gasteiger partial charge is 0.458 e. The number of pyridine rings is 1. The molecular formula is C23H18ClN3O4. The minimum absolute atomic E-state index is 0.130. The van der Waals surface area contributed by atoms with Crippen LogP contribution in [0, 0.1) is 11.3 Å². The van der Waals surface area contributed by atoms with Crippen molar-refractivity contribution in [3.63, 3.8) is 0 Å². The van der Waals surface area contributed by atoms with Crippen LogP contribution < -0.4 is 10.1 Å². The number of amides is 1. The van der Waals surface area contributed by atoms with Gasteiger partial charge in [-0.2, -0.15) is 5.26 Å². The first-order valence-corrected chi connectivity index (χ1v) is 9.68. The Kier molecular flexibility index (Phi) is 7.20. The van der Waals surface area contributed by atoms with Gasteiger partial charge in [-0.1, -0.05) is 23.7 Å². The van der Waals surface area contributed by atoms with Crippen molar-refractivity contribution in [2.75, 3.05) is 5.32 Å². The molecule has 3 rings (SSSR count). The molecule has 1 atom stereocenters. The zero-order chi connectivity index (χ0) is 22.2. The Balaban J connectivity index is 1.61. The summed E-state index contributed by atoms with van der Waals surface area (Å²) in [7, 11) is 0. The predicted octanol–water partition coefficient (Wildman–Crippen LogP) is 4.81. The number of hydrogen-bond donors (Lipinski definition) is 1. The molecule has 0 radical (unpaired) electrons. The molecule has 7 nitrogen and oxygen atoms in total. The van der Waals surface area contributed by atoms with Gasteiger partial charge in [0.05, 0.1) is 28.8 Å². The highest BCUT2D eigenvalue weighted by Crippen LogP contribution is 2.30. The Morgan fingerprint density at radius 3 is 2.42 bits per heavy atom. The molecule has 2 aromatic carbocycles. The summed E-state index contributed by atoms with van der Waals surface area (Å²) in [6.45, 7) is 1.96. The normalized spacial score (nSPS) is 11.1. The number of ether oxygens (including phenoxy) is 2. The van der Waals surface area contributed by atoms with Gasteiger partial charge in [-0.25, -0.2) is 0 Å². The number of benzene rings is 2. The first kappa shape index (κ1) is 21.8. The molecule has 0 fully saturated rings. The van der Waals surface area contributed by atoms with Crippen molar-refractivity contribution in [3.05, 3.63) is 82.6 Å². The van der Waals surface area contributed by atoms with Crippen LogP contribution in [0.25, 0.3) is 0 Å². The summed E-state index contributed by atoms with van der Waals surface area (Å²) < 4.78 is 10.6. The Labute approximate surface area is 184 Å². The number of hydrogen-bond acceptors (Lipinski definition) is 6. The lowest BCUT2D eigenvalue weighted by Crippen LogP contribution is -2.15. The Hall–Kier alpha value is -3.89. The lowest BCUT2D eigenvalue weighted by Gasteiger charge is -2.14. The molecule has 0 saturated heterocycles. The van der Waals surface area contributed by atoms with E-state index in [2.05, 4.69) is 16.4 Å². The summed E-state index contributed by atoms with van der Waals surface area (Å²) in [5.74, 6) is 0.962. The number of nitriles is 1. The maximum atomic E-state index is 12.4. The summed E-state index contributed by atoms with van der Waals surface area (Å²) >= 11 is 6.30. The number of nitrogens with one attached hydrogen (secondary N) is 1. The molecule has 8 heteroatoms. The number of halogens is 1. The summed E-state index contributed by atoms with van der Waals surface area (Å²) in [6, 6.07) is 17.5. The van der Waals surface area contributed by atoms with Gasteiger partial charge in [0.2, 0.25) is 5.91 Å². The van der Waals surface area contributed by atoms with Crippen molar-refractivity contribution >= 4 is 29.7 Å². The number of carbonyl (C=O) groups excluding carboxylic acids is 2. The van der Waals surface area contributed by atoms with Gasteiger partial charge in [0.25, 0.3) is 6.47 Å². The average molecular weight is 436 g/mol. The molecule has 0 aliphatic rings. The highest BCUT2D eigenvalue weighted by atomic mass is 35.5. The molecule has 0 saturated carbocycles. The molecule has 0 aliphatic carbocycles. The molecule has 0 bridgehead atoms. The third-order valence-corrected chi connectivity index (χ3v) is 4.74. The van der Waals surface area contributed by atoms with Crippen LogP contribution in [0.15, 0.2) is 60.8 Å². The molecular weight excluding hydrogens is 418 g/mol. The smallest absolute Gasteiger partial charge is 0.293 e. The number of anilines is 1. The van der Waals surface area contributed by atoms with Gasteiger partial charge in [0.1, 0.15) is 23.3 Å². The summed E-state index contributed by atoms with van der Waals surface area (Å²) in [4.78, 5) is 27.1. The minimum Gasteiger partial charge on any atom is -0.458 e. The second kappa shape index (κ2) is 10.2. The topological polar surface area (TPSA) is 101 Å². The minimum atomic E-state index is -0.634. The zero-order valence-corrected chi connectivity index (χ0v) is 17.3. The van der Waals surface area contributed by atoms with Gasteiger partial charge in [0, 0.05) is 6.20 Å². The maximum absolute atomic E-state index is 12.4. The summed E-state index contributed by atoms with van der Waals surface area (Å²) in [5, 5.41) is 11.8. The second-order valence-corrected chi connectivity index (χ2v) is 6.92. The standard InChI is InChI=1S/C23H18ClN3O4/c1-15(30-14-28)23-22(24)20(10-11-26-23)27-21(29)12-16-2-6-18(7-3-16)31-19-8-4-17(13-25)5-9-19/h2-11,14-15H,12H2,1H3,(H,26,27,29). The summed E-state index contributed by atoms with van der Waals surface area (Å²) in [6.07, 6.45) is 0.980. The van der Waals surface area contributed by atoms with E-state index in [0.717, 1.165) is 5.56 Å². The van der Waals surface area contributed by atoms with E-state index in [-0.39, 0.29) is 17.4 Å². The van der Waals surface area contributed by atoms with E-state index in [0.29, 0.717) is 34.9 Å². The molecule has 1 heterocycles. The van der Waals surface area contributed by atoms with Crippen LogP contribution in [-0.2, 0) is 20.7 Å². The first-order valence-electron chi connectivity index (χ1n) is 9.30. The fourth-order valence-electron chi connectivity index (χ4n) is 2.78. The quantitative estimate of drug-likeness (QED) is 0.509. The molecule has 0 aliphatic heterocycles. The van der Waals surface area contributed by atoms with Crippen molar-refractivity contribution in [2.24, 2.45) is 0 Å². The molecule has 1 amide bonds. The van der Waals surface area contributed by atoms with E-state index in [9.17, 15) is 9.59 Å². The van der Waals surface area contributed by atoms with Crippen molar-refractivity contribution in [1.82, 2.24) is 4.98 Å². The van der Waals surface area contributed by atoms with Crippen LogP contribution in [-0.4, -0.2) is 17.4 Å². The molecule has 1 aromatic heterocycles. The van der Waals surface area contributed by atoms with Crippen LogP contribution in [0.2, 0.25) is 5.02 Å². The van der Waals surface area contributed by atoms with Crippen molar-refractivity contribution < 1.29 is 19.1 Å². The van der Waals surface area contributed by atoms with Crippen molar-refractivity contribution in [2.45, 2.75) is 19.4 Å². The van der Waals surface area contributed by atoms with Crippen LogP contribution in [0.4, 0.5) is 5.69 Å². The van der Waals surface area contributed by atoms with Gasteiger partial charge < -0.3 is 14.8 Å². The molecule has 1 unspecified atom stereocenters. The van der Waals surface area contributed by atoms with Crippen molar-refractivity contribution in [1.29, 1.82) is 5.26 Å². The van der Waals surface area contributed by atoms with E-state index >= 15 is 0 Å².